The fourth-order valence-electron chi connectivity index (χ4n) is 1.02. The molecule has 0 aromatic heterocycles. The molecular formula is C8H17ClN2OS. The number of nitrogens with one attached hydrogen (secondary N) is 2. The van der Waals surface area contributed by atoms with Gasteiger partial charge in [0.2, 0.25) is 5.91 Å². The van der Waals surface area contributed by atoms with E-state index in [1.54, 1.807) is 11.8 Å². The van der Waals surface area contributed by atoms with Gasteiger partial charge in [0.1, 0.15) is 0 Å². The van der Waals surface area contributed by atoms with Gasteiger partial charge in [-0.2, -0.15) is 0 Å². The lowest BCUT2D eigenvalue weighted by Gasteiger charge is -2.22. The van der Waals surface area contributed by atoms with Gasteiger partial charge in [0.15, 0.2) is 0 Å². The average Bonchev–Trinajstić information content (AvgIpc) is 2.32. The average molecular weight is 225 g/mol. The van der Waals surface area contributed by atoms with Gasteiger partial charge in [0, 0.05) is 17.2 Å². The molecule has 78 valence electrons. The van der Waals surface area contributed by atoms with Crippen LogP contribution >= 0.6 is 24.2 Å². The third kappa shape index (κ3) is 4.74. The molecule has 0 radical (unpaired) electrons. The predicted molar refractivity (Wildman–Crippen MR) is 59.4 cm³/mol. The topological polar surface area (TPSA) is 41.1 Å². The Morgan fingerprint density at radius 2 is 2.15 bits per heavy atom. The minimum atomic E-state index is -0.119. The lowest BCUT2D eigenvalue weighted by Crippen LogP contribution is -2.49. The summed E-state index contributed by atoms with van der Waals surface area (Å²) in [7, 11) is 0. The molecule has 0 aromatic rings. The number of rotatable bonds is 1. The Hall–Kier alpha value is 0.0700. The summed E-state index contributed by atoms with van der Waals surface area (Å²) in [6.07, 6.45) is 0. The van der Waals surface area contributed by atoms with Crippen LogP contribution in [0.25, 0.3) is 0 Å². The quantitative estimate of drug-likeness (QED) is 0.698. The van der Waals surface area contributed by atoms with E-state index < -0.39 is 0 Å². The minimum Gasteiger partial charge on any atom is -0.350 e. The maximum absolute atomic E-state index is 11.5. The molecule has 3 nitrogen and oxygen atoms in total. The molecule has 0 aromatic carbocycles. The second-order valence-corrected chi connectivity index (χ2v) is 5.04. The predicted octanol–water partition coefficient (Wildman–Crippen LogP) is 0.985. The van der Waals surface area contributed by atoms with Crippen molar-refractivity contribution in [1.29, 1.82) is 0 Å². The van der Waals surface area contributed by atoms with Crippen LogP contribution < -0.4 is 10.6 Å². The monoisotopic (exact) mass is 224 g/mol. The molecule has 1 amide bonds. The van der Waals surface area contributed by atoms with E-state index in [1.165, 1.54) is 0 Å². The van der Waals surface area contributed by atoms with Gasteiger partial charge in [-0.15, -0.1) is 24.2 Å². The van der Waals surface area contributed by atoms with E-state index >= 15 is 0 Å². The van der Waals surface area contributed by atoms with Gasteiger partial charge >= 0.3 is 0 Å². The second kappa shape index (κ2) is 5.08. The first-order chi connectivity index (χ1) is 5.49. The van der Waals surface area contributed by atoms with Crippen LogP contribution in [0.3, 0.4) is 0 Å². The van der Waals surface area contributed by atoms with E-state index in [9.17, 15) is 4.79 Å². The Labute approximate surface area is 89.8 Å². The summed E-state index contributed by atoms with van der Waals surface area (Å²) in [6.45, 7) is 5.98. The molecule has 0 spiro atoms. The Morgan fingerprint density at radius 3 is 2.54 bits per heavy atom. The highest BCUT2D eigenvalue weighted by molar-refractivity contribution is 7.99. The Morgan fingerprint density at radius 1 is 1.54 bits per heavy atom. The van der Waals surface area contributed by atoms with Crippen molar-refractivity contribution in [2.75, 3.05) is 11.6 Å². The van der Waals surface area contributed by atoms with Crippen molar-refractivity contribution in [1.82, 2.24) is 10.6 Å². The molecule has 0 saturated carbocycles. The number of amides is 1. The van der Waals surface area contributed by atoms with Gasteiger partial charge in [-0.25, -0.2) is 0 Å². The Kier molecular flexibility index (Phi) is 5.10. The van der Waals surface area contributed by atoms with Crippen molar-refractivity contribution in [3.05, 3.63) is 0 Å². The van der Waals surface area contributed by atoms with Crippen LogP contribution in [0, 0.1) is 0 Å². The molecule has 1 aliphatic rings. The van der Waals surface area contributed by atoms with Crippen molar-refractivity contribution in [2.45, 2.75) is 32.4 Å². The number of hydrogen-bond acceptors (Lipinski definition) is 3. The van der Waals surface area contributed by atoms with Crippen LogP contribution in [0.1, 0.15) is 20.8 Å². The van der Waals surface area contributed by atoms with Crippen LogP contribution in [-0.4, -0.2) is 29.1 Å². The zero-order valence-electron chi connectivity index (χ0n) is 8.22. The highest BCUT2D eigenvalue weighted by atomic mass is 35.5. The highest BCUT2D eigenvalue weighted by Crippen LogP contribution is 2.10. The van der Waals surface area contributed by atoms with Crippen molar-refractivity contribution >= 4 is 30.1 Å². The Bertz CT molecular complexity index is 175. The lowest BCUT2D eigenvalue weighted by molar-refractivity contribution is -0.123. The van der Waals surface area contributed by atoms with E-state index in [0.29, 0.717) is 0 Å². The van der Waals surface area contributed by atoms with Crippen LogP contribution in [-0.2, 0) is 4.79 Å². The highest BCUT2D eigenvalue weighted by Gasteiger charge is 2.25. The van der Waals surface area contributed by atoms with Gasteiger partial charge in [-0.3, -0.25) is 10.1 Å². The van der Waals surface area contributed by atoms with Crippen molar-refractivity contribution in [2.24, 2.45) is 0 Å². The molecule has 5 heteroatoms. The van der Waals surface area contributed by atoms with E-state index in [-0.39, 0.29) is 29.9 Å². The first-order valence-electron chi connectivity index (χ1n) is 4.12. The summed E-state index contributed by atoms with van der Waals surface area (Å²) in [5.41, 5.74) is -0.119. The van der Waals surface area contributed by atoms with Crippen LogP contribution in [0.2, 0.25) is 0 Å². The van der Waals surface area contributed by atoms with Crippen LogP contribution in [0.15, 0.2) is 0 Å². The van der Waals surface area contributed by atoms with Crippen molar-refractivity contribution in [3.63, 3.8) is 0 Å². The summed E-state index contributed by atoms with van der Waals surface area (Å²) in [6, 6.07) is 0.00854. The molecular weight excluding hydrogens is 208 g/mol. The molecule has 1 rings (SSSR count). The van der Waals surface area contributed by atoms with Gasteiger partial charge in [-0.1, -0.05) is 0 Å². The molecule has 0 aliphatic carbocycles. The smallest absolute Gasteiger partial charge is 0.238 e. The number of carbonyl (C=O) groups is 1. The number of hydrogen-bond donors (Lipinski definition) is 2. The van der Waals surface area contributed by atoms with E-state index in [4.69, 9.17) is 0 Å². The van der Waals surface area contributed by atoms with Gasteiger partial charge in [0.25, 0.3) is 0 Å². The first kappa shape index (κ1) is 13.1. The van der Waals surface area contributed by atoms with Gasteiger partial charge in [-0.05, 0) is 20.8 Å². The van der Waals surface area contributed by atoms with Gasteiger partial charge in [0.05, 0.1) is 6.04 Å². The summed E-state index contributed by atoms with van der Waals surface area (Å²) in [4.78, 5) is 11.5. The number of carbonyl (C=O) groups excluding carboxylic acids is 1. The first-order valence-corrected chi connectivity index (χ1v) is 5.28. The third-order valence-electron chi connectivity index (χ3n) is 1.53. The van der Waals surface area contributed by atoms with Crippen molar-refractivity contribution < 1.29 is 4.79 Å². The molecule has 2 N–H and O–H groups in total. The normalized spacial score (nSPS) is 22.2. The third-order valence-corrected chi connectivity index (χ3v) is 2.47. The molecule has 1 aliphatic heterocycles. The van der Waals surface area contributed by atoms with Gasteiger partial charge < -0.3 is 5.32 Å². The van der Waals surface area contributed by atoms with E-state index in [2.05, 4.69) is 10.6 Å². The summed E-state index contributed by atoms with van der Waals surface area (Å²) >= 11 is 1.76. The molecule has 1 unspecified atom stereocenters. The second-order valence-electron chi connectivity index (χ2n) is 4.01. The molecule has 1 heterocycles. The molecule has 1 saturated heterocycles. The maximum Gasteiger partial charge on any atom is 0.238 e. The number of halogens is 1. The largest absolute Gasteiger partial charge is 0.350 e. The fraction of sp³-hybridized carbons (Fsp3) is 0.875. The van der Waals surface area contributed by atoms with E-state index in [1.807, 2.05) is 20.8 Å². The minimum absolute atomic E-state index is 0. The Balaban J connectivity index is 0.00000144. The standard InChI is InChI=1S/C8H16N2OS.ClH/c1-8(2,3)10-7(11)6-4-12-5-9-6;/h6,9H,4-5H2,1-3H3,(H,10,11);1H. The van der Waals surface area contributed by atoms with Crippen LogP contribution in [0.5, 0.6) is 0 Å². The SMILES string of the molecule is CC(C)(C)NC(=O)C1CSCN1.Cl. The van der Waals surface area contributed by atoms with Crippen molar-refractivity contribution in [3.8, 4) is 0 Å². The van der Waals surface area contributed by atoms with Crippen LogP contribution in [0.4, 0.5) is 0 Å². The summed E-state index contributed by atoms with van der Waals surface area (Å²) in [5, 5.41) is 6.08. The molecule has 1 atom stereocenters. The van der Waals surface area contributed by atoms with E-state index in [0.717, 1.165) is 11.6 Å². The fourth-order valence-corrected chi connectivity index (χ4v) is 1.96. The molecule has 1 fully saturated rings. The summed E-state index contributed by atoms with van der Waals surface area (Å²) in [5.74, 6) is 1.90. The molecule has 13 heavy (non-hydrogen) atoms. The lowest BCUT2D eigenvalue weighted by atomic mass is 10.1. The zero-order chi connectivity index (χ0) is 9.19. The molecule has 0 bridgehead atoms. The maximum atomic E-state index is 11.5. The summed E-state index contributed by atoms with van der Waals surface area (Å²) < 4.78 is 0. The zero-order valence-corrected chi connectivity index (χ0v) is 9.85. The number of thioether (sulfide) groups is 1.